The molecule has 0 amide bonds. The van der Waals surface area contributed by atoms with Gasteiger partial charge in [-0.2, -0.15) is 21.6 Å². The third-order valence-electron chi connectivity index (χ3n) is 6.81. The van der Waals surface area contributed by atoms with Crippen molar-refractivity contribution in [2.45, 2.75) is 18.3 Å². The fraction of sp³-hybridized carbons (Fsp3) is 0.0938. The largest absolute Gasteiger partial charge is 0.534 e. The fourth-order valence-corrected chi connectivity index (χ4v) is 5.14. The van der Waals surface area contributed by atoms with Gasteiger partial charge in [0, 0.05) is 16.7 Å². The summed E-state index contributed by atoms with van der Waals surface area (Å²) in [5.74, 6) is 1.32. The molecule has 0 atom stereocenters. The number of hydrogen-bond acceptors (Lipinski definition) is 6. The van der Waals surface area contributed by atoms with Gasteiger partial charge in [-0.25, -0.2) is 15.0 Å². The van der Waals surface area contributed by atoms with E-state index in [4.69, 9.17) is 15.0 Å². The lowest BCUT2D eigenvalue weighted by Crippen LogP contribution is -2.28. The summed E-state index contributed by atoms with van der Waals surface area (Å²) in [5.41, 5.74) is 0.597. The molecule has 0 aliphatic heterocycles. The van der Waals surface area contributed by atoms with Gasteiger partial charge in [0.25, 0.3) is 0 Å². The summed E-state index contributed by atoms with van der Waals surface area (Å²) in [7, 11) is -5.72. The highest BCUT2D eigenvalue weighted by molar-refractivity contribution is 7.88. The molecule has 0 unspecified atom stereocenters. The van der Waals surface area contributed by atoms with Crippen LogP contribution in [0.5, 0.6) is 5.75 Å². The van der Waals surface area contributed by atoms with Crippen molar-refractivity contribution in [1.29, 1.82) is 0 Å². The van der Waals surface area contributed by atoms with Crippen molar-refractivity contribution in [3.63, 3.8) is 0 Å². The van der Waals surface area contributed by atoms with E-state index in [1.807, 2.05) is 91.0 Å². The Hall–Kier alpha value is -4.83. The molecule has 6 nitrogen and oxygen atoms in total. The fourth-order valence-electron chi connectivity index (χ4n) is 4.69. The molecule has 0 saturated heterocycles. The van der Waals surface area contributed by atoms with Gasteiger partial charge in [-0.3, -0.25) is 0 Å². The molecule has 0 spiro atoms. The van der Waals surface area contributed by atoms with Gasteiger partial charge in [-0.15, -0.1) is 0 Å². The van der Waals surface area contributed by atoms with Gasteiger partial charge in [0.15, 0.2) is 17.5 Å². The monoisotopic (exact) mass is 585 g/mol. The van der Waals surface area contributed by atoms with Crippen LogP contribution in [0.1, 0.15) is 23.1 Å². The first-order valence-electron chi connectivity index (χ1n) is 13.0. The first kappa shape index (κ1) is 27.3. The van der Waals surface area contributed by atoms with E-state index in [2.05, 4.69) is 4.18 Å². The molecule has 42 heavy (non-hydrogen) atoms. The minimum absolute atomic E-state index is 0.366. The quantitative estimate of drug-likeness (QED) is 0.151. The van der Waals surface area contributed by atoms with Crippen LogP contribution in [0.4, 0.5) is 13.2 Å². The summed E-state index contributed by atoms with van der Waals surface area (Å²) < 4.78 is 65.1. The topological polar surface area (TPSA) is 82.0 Å². The Balaban J connectivity index is 1.29. The number of benzene rings is 4. The summed E-state index contributed by atoms with van der Waals surface area (Å²) in [4.78, 5) is 14.2. The first-order valence-corrected chi connectivity index (χ1v) is 14.4. The van der Waals surface area contributed by atoms with Crippen LogP contribution in [0.3, 0.4) is 0 Å². The molecule has 1 aliphatic carbocycles. The Morgan fingerprint density at radius 1 is 0.619 bits per heavy atom. The van der Waals surface area contributed by atoms with Crippen LogP contribution in [0.25, 0.3) is 45.8 Å². The number of fused-ring (bicyclic) bond motifs is 1. The van der Waals surface area contributed by atoms with Crippen LogP contribution in [0, 0.1) is 0 Å². The number of hydrogen-bond donors (Lipinski definition) is 0. The van der Waals surface area contributed by atoms with Crippen LogP contribution in [0.15, 0.2) is 103 Å². The number of nitrogens with zero attached hydrogens (tertiary/aromatic N) is 3. The van der Waals surface area contributed by atoms with Gasteiger partial charge >= 0.3 is 15.6 Å². The van der Waals surface area contributed by atoms with Crippen molar-refractivity contribution < 1.29 is 25.8 Å². The van der Waals surface area contributed by atoms with Gasteiger partial charge < -0.3 is 4.18 Å². The van der Waals surface area contributed by atoms with Gasteiger partial charge in [-0.1, -0.05) is 97.1 Å². The number of halogens is 3. The summed E-state index contributed by atoms with van der Waals surface area (Å²) in [6.45, 7) is 0. The smallest absolute Gasteiger partial charge is 0.376 e. The molecule has 6 rings (SSSR count). The van der Waals surface area contributed by atoms with Gasteiger partial charge in [0.05, 0.1) is 0 Å². The lowest BCUT2D eigenvalue weighted by atomic mass is 9.88. The van der Waals surface area contributed by atoms with E-state index >= 15 is 0 Å². The number of rotatable bonds is 6. The molecular formula is C32H22F3N3O3S. The van der Waals surface area contributed by atoms with Crippen LogP contribution in [-0.4, -0.2) is 28.9 Å². The van der Waals surface area contributed by atoms with Crippen molar-refractivity contribution in [3.05, 3.63) is 120 Å². The molecule has 0 bridgehead atoms. The highest BCUT2D eigenvalue weighted by Crippen LogP contribution is 2.35. The Kier molecular flexibility index (Phi) is 7.07. The number of aromatic nitrogens is 3. The van der Waals surface area contributed by atoms with E-state index in [0.717, 1.165) is 33.4 Å². The molecule has 0 fully saturated rings. The highest BCUT2D eigenvalue weighted by atomic mass is 32.2. The minimum atomic E-state index is -5.72. The molecule has 5 aromatic rings. The predicted molar refractivity (Wildman–Crippen MR) is 154 cm³/mol. The second kappa shape index (κ2) is 10.9. The number of alkyl halides is 3. The molecule has 1 aliphatic rings. The van der Waals surface area contributed by atoms with E-state index in [9.17, 15) is 21.6 Å². The van der Waals surface area contributed by atoms with Crippen molar-refractivity contribution in [2.75, 3.05) is 0 Å². The van der Waals surface area contributed by atoms with Crippen LogP contribution in [0.2, 0.25) is 0 Å². The van der Waals surface area contributed by atoms with Crippen molar-refractivity contribution in [2.24, 2.45) is 0 Å². The average Bonchev–Trinajstić information content (AvgIpc) is 3.01. The molecule has 1 heterocycles. The Labute approximate surface area is 240 Å². The maximum atomic E-state index is 12.7. The van der Waals surface area contributed by atoms with E-state index in [1.54, 1.807) is 6.07 Å². The molecule has 1 aromatic heterocycles. The second-order valence-corrected chi connectivity index (χ2v) is 11.2. The van der Waals surface area contributed by atoms with E-state index in [1.165, 1.54) is 12.1 Å². The SMILES string of the molecule is O=S(=O)(Oc1ccc2c(c1)CCC(c1ccc(-c3nc(-c4ccccc4)nc(-c4ccccc4)n3)cc1)=C2)C(F)(F)F. The zero-order valence-corrected chi connectivity index (χ0v) is 22.7. The zero-order valence-electron chi connectivity index (χ0n) is 21.9. The molecule has 210 valence electrons. The second-order valence-electron chi connectivity index (χ2n) is 9.63. The Morgan fingerprint density at radius 2 is 1.12 bits per heavy atom. The lowest BCUT2D eigenvalue weighted by Gasteiger charge is -2.18. The molecule has 0 radical (unpaired) electrons. The molecule has 0 N–H and O–H groups in total. The number of aryl methyl sites for hydroxylation is 1. The van der Waals surface area contributed by atoms with Gasteiger partial charge in [-0.05, 0) is 47.2 Å². The van der Waals surface area contributed by atoms with Gasteiger partial charge in [0.2, 0.25) is 0 Å². The van der Waals surface area contributed by atoms with Gasteiger partial charge in [0.1, 0.15) is 5.75 Å². The zero-order chi connectivity index (χ0) is 29.3. The third kappa shape index (κ3) is 5.66. The van der Waals surface area contributed by atoms with Crippen molar-refractivity contribution in [1.82, 2.24) is 15.0 Å². The van der Waals surface area contributed by atoms with Crippen molar-refractivity contribution >= 4 is 21.8 Å². The standard InChI is InChI=1S/C32H22F3N3O3S/c33-32(34,35)42(39,40)41-28-18-17-26-19-25(15-16-27(26)20-28)21-11-13-24(14-12-21)31-37-29(22-7-3-1-4-8-22)36-30(38-31)23-9-5-2-6-10-23/h1-14,17-20H,15-16H2. The summed E-state index contributed by atoms with van der Waals surface area (Å²) in [5, 5.41) is 0. The predicted octanol–water partition coefficient (Wildman–Crippen LogP) is 7.59. The summed E-state index contributed by atoms with van der Waals surface area (Å²) >= 11 is 0. The molecule has 10 heteroatoms. The van der Waals surface area contributed by atoms with E-state index in [0.29, 0.717) is 35.9 Å². The Bertz CT molecular complexity index is 1840. The molecule has 4 aromatic carbocycles. The third-order valence-corrected chi connectivity index (χ3v) is 7.79. The minimum Gasteiger partial charge on any atom is -0.376 e. The highest BCUT2D eigenvalue weighted by Gasteiger charge is 2.48. The van der Waals surface area contributed by atoms with Crippen molar-refractivity contribution in [3.8, 4) is 39.9 Å². The summed E-state index contributed by atoms with van der Waals surface area (Å²) in [6, 6.07) is 31.4. The van der Waals surface area contributed by atoms with E-state index in [-0.39, 0.29) is 5.75 Å². The normalized spacial score (nSPS) is 13.3. The average molecular weight is 586 g/mol. The maximum Gasteiger partial charge on any atom is 0.534 e. The lowest BCUT2D eigenvalue weighted by molar-refractivity contribution is -0.0500. The first-order chi connectivity index (χ1) is 20.2. The maximum absolute atomic E-state index is 12.7. The van der Waals surface area contributed by atoms with Crippen LogP contribution in [-0.2, 0) is 16.5 Å². The van der Waals surface area contributed by atoms with Crippen LogP contribution >= 0.6 is 0 Å². The molecule has 0 saturated carbocycles. The van der Waals surface area contributed by atoms with E-state index < -0.39 is 15.6 Å². The molecular weight excluding hydrogens is 563 g/mol. The number of allylic oxidation sites excluding steroid dienone is 1. The summed E-state index contributed by atoms with van der Waals surface area (Å²) in [6.07, 6.45) is 3.07. The van der Waals surface area contributed by atoms with Crippen LogP contribution < -0.4 is 4.18 Å². The Morgan fingerprint density at radius 3 is 1.64 bits per heavy atom.